The van der Waals surface area contributed by atoms with Gasteiger partial charge in [0.25, 0.3) is 0 Å². The molecule has 1 aliphatic rings. The van der Waals surface area contributed by atoms with Crippen molar-refractivity contribution in [3.05, 3.63) is 0 Å². The molecule has 1 rings (SSSR count). The van der Waals surface area contributed by atoms with E-state index in [0.29, 0.717) is 6.04 Å². The second-order valence-electron chi connectivity index (χ2n) is 5.55. The van der Waals surface area contributed by atoms with Gasteiger partial charge in [0.05, 0.1) is 6.10 Å². The Kier molecular flexibility index (Phi) is 4.56. The lowest BCUT2D eigenvalue weighted by molar-refractivity contribution is 0.0802. The van der Waals surface area contributed by atoms with Crippen LogP contribution >= 0.6 is 0 Å². The highest BCUT2D eigenvalue weighted by atomic mass is 16.3. The molecule has 2 atom stereocenters. The van der Waals surface area contributed by atoms with Gasteiger partial charge in [0.2, 0.25) is 0 Å². The second kappa shape index (κ2) is 5.28. The van der Waals surface area contributed by atoms with Crippen molar-refractivity contribution in [1.82, 2.24) is 10.2 Å². The Labute approximate surface area is 93.9 Å². The molecule has 90 valence electrons. The van der Waals surface area contributed by atoms with Gasteiger partial charge in [0, 0.05) is 18.1 Å². The van der Waals surface area contributed by atoms with Crippen molar-refractivity contribution in [3.63, 3.8) is 0 Å². The summed E-state index contributed by atoms with van der Waals surface area (Å²) in [5.41, 5.74) is 0.150. The molecule has 0 saturated heterocycles. The summed E-state index contributed by atoms with van der Waals surface area (Å²) in [6, 6.07) is 0.304. The molecule has 1 aliphatic carbocycles. The second-order valence-corrected chi connectivity index (χ2v) is 5.55. The third kappa shape index (κ3) is 3.74. The van der Waals surface area contributed by atoms with Crippen molar-refractivity contribution in [2.24, 2.45) is 0 Å². The molecule has 1 fully saturated rings. The van der Waals surface area contributed by atoms with Crippen molar-refractivity contribution < 1.29 is 5.11 Å². The summed E-state index contributed by atoms with van der Waals surface area (Å²) in [6.45, 7) is 5.37. The number of aliphatic hydroxyl groups is 1. The Balaban J connectivity index is 2.35. The maximum absolute atomic E-state index is 9.83. The zero-order chi connectivity index (χ0) is 11.5. The number of rotatable bonds is 4. The van der Waals surface area contributed by atoms with Gasteiger partial charge in [-0.15, -0.1) is 0 Å². The average Bonchev–Trinajstić information content (AvgIpc) is 2.16. The van der Waals surface area contributed by atoms with E-state index in [9.17, 15) is 5.11 Å². The van der Waals surface area contributed by atoms with Crippen LogP contribution in [0.25, 0.3) is 0 Å². The Morgan fingerprint density at radius 3 is 2.40 bits per heavy atom. The van der Waals surface area contributed by atoms with Crippen molar-refractivity contribution in [2.45, 2.75) is 57.2 Å². The van der Waals surface area contributed by atoms with Crippen LogP contribution in [-0.2, 0) is 0 Å². The fourth-order valence-electron chi connectivity index (χ4n) is 1.89. The van der Waals surface area contributed by atoms with Gasteiger partial charge in [0.15, 0.2) is 0 Å². The van der Waals surface area contributed by atoms with Crippen LogP contribution in [-0.4, -0.2) is 48.3 Å². The Morgan fingerprint density at radius 2 is 1.87 bits per heavy atom. The molecule has 0 aromatic rings. The van der Waals surface area contributed by atoms with Gasteiger partial charge >= 0.3 is 0 Å². The minimum Gasteiger partial charge on any atom is -0.392 e. The first-order valence-corrected chi connectivity index (χ1v) is 6.02. The molecule has 0 amide bonds. The zero-order valence-corrected chi connectivity index (χ0v) is 10.6. The molecule has 0 heterocycles. The number of hydrogen-bond acceptors (Lipinski definition) is 3. The van der Waals surface area contributed by atoms with Gasteiger partial charge < -0.3 is 15.3 Å². The molecule has 0 aromatic carbocycles. The smallest absolute Gasteiger partial charge is 0.0693 e. The average molecular weight is 214 g/mol. The predicted molar refractivity (Wildman–Crippen MR) is 64.0 cm³/mol. The highest BCUT2D eigenvalue weighted by Crippen LogP contribution is 2.19. The van der Waals surface area contributed by atoms with Gasteiger partial charge in [-0.3, -0.25) is 0 Å². The maximum atomic E-state index is 9.83. The third-order valence-electron chi connectivity index (χ3n) is 3.74. The quantitative estimate of drug-likeness (QED) is 0.738. The van der Waals surface area contributed by atoms with Gasteiger partial charge in [-0.25, -0.2) is 0 Å². The molecule has 3 nitrogen and oxygen atoms in total. The lowest BCUT2D eigenvalue weighted by Gasteiger charge is -2.36. The van der Waals surface area contributed by atoms with E-state index in [2.05, 4.69) is 38.2 Å². The zero-order valence-electron chi connectivity index (χ0n) is 10.6. The number of likely N-dealkylation sites (N-methyl/N-ethyl adjacent to an activating group) is 1. The lowest BCUT2D eigenvalue weighted by Crippen LogP contribution is -2.52. The van der Waals surface area contributed by atoms with Crippen molar-refractivity contribution in [3.8, 4) is 0 Å². The summed E-state index contributed by atoms with van der Waals surface area (Å²) < 4.78 is 0. The first-order chi connectivity index (χ1) is 6.93. The molecule has 1 saturated carbocycles. The van der Waals surface area contributed by atoms with Crippen LogP contribution in [0.4, 0.5) is 0 Å². The molecule has 15 heavy (non-hydrogen) atoms. The fourth-order valence-corrected chi connectivity index (χ4v) is 1.89. The molecule has 2 unspecified atom stereocenters. The number of nitrogens with zero attached hydrogens (tertiary/aromatic N) is 1. The van der Waals surface area contributed by atoms with E-state index >= 15 is 0 Å². The van der Waals surface area contributed by atoms with Crippen molar-refractivity contribution in [2.75, 3.05) is 20.6 Å². The van der Waals surface area contributed by atoms with E-state index < -0.39 is 0 Å². The van der Waals surface area contributed by atoms with Crippen molar-refractivity contribution >= 4 is 0 Å². The highest BCUT2D eigenvalue weighted by Gasteiger charge is 2.26. The van der Waals surface area contributed by atoms with Crippen LogP contribution in [0.2, 0.25) is 0 Å². The van der Waals surface area contributed by atoms with E-state index in [1.807, 2.05) is 0 Å². The molecule has 2 N–H and O–H groups in total. The van der Waals surface area contributed by atoms with Gasteiger partial charge in [-0.2, -0.15) is 0 Å². The standard InChI is InChI=1S/C12H26N2O/c1-12(2,14(3)4)9-13-10-7-5-6-8-11(10)15/h10-11,13,15H,5-9H2,1-4H3. The van der Waals surface area contributed by atoms with E-state index in [1.165, 1.54) is 12.8 Å². The summed E-state index contributed by atoms with van der Waals surface area (Å²) in [6.07, 6.45) is 4.36. The Morgan fingerprint density at radius 1 is 1.27 bits per heavy atom. The SMILES string of the molecule is CN(C)C(C)(C)CNC1CCCCC1O. The summed E-state index contributed by atoms with van der Waals surface area (Å²) in [7, 11) is 4.19. The third-order valence-corrected chi connectivity index (χ3v) is 3.74. The van der Waals surface area contributed by atoms with Crippen molar-refractivity contribution in [1.29, 1.82) is 0 Å². The maximum Gasteiger partial charge on any atom is 0.0693 e. The molecule has 0 aliphatic heterocycles. The molecule has 0 bridgehead atoms. The first kappa shape index (κ1) is 12.9. The molecule has 0 radical (unpaired) electrons. The molecular weight excluding hydrogens is 188 g/mol. The fraction of sp³-hybridized carbons (Fsp3) is 1.00. The number of hydrogen-bond donors (Lipinski definition) is 2. The monoisotopic (exact) mass is 214 g/mol. The van der Waals surface area contributed by atoms with Crippen LogP contribution in [0.3, 0.4) is 0 Å². The van der Waals surface area contributed by atoms with E-state index in [0.717, 1.165) is 19.4 Å². The lowest BCUT2D eigenvalue weighted by atomic mass is 9.91. The Bertz CT molecular complexity index is 192. The minimum atomic E-state index is -0.142. The van der Waals surface area contributed by atoms with Crippen LogP contribution in [0.1, 0.15) is 39.5 Å². The van der Waals surface area contributed by atoms with E-state index in [4.69, 9.17) is 0 Å². The summed E-state index contributed by atoms with van der Waals surface area (Å²) in [5.74, 6) is 0. The van der Waals surface area contributed by atoms with Crippen LogP contribution in [0.5, 0.6) is 0 Å². The highest BCUT2D eigenvalue weighted by molar-refractivity contribution is 4.86. The van der Waals surface area contributed by atoms with Gasteiger partial charge in [-0.1, -0.05) is 12.8 Å². The van der Waals surface area contributed by atoms with Crippen LogP contribution in [0, 0.1) is 0 Å². The summed E-state index contributed by atoms with van der Waals surface area (Å²) in [4.78, 5) is 2.22. The van der Waals surface area contributed by atoms with Gasteiger partial charge in [-0.05, 0) is 40.8 Å². The summed E-state index contributed by atoms with van der Waals surface area (Å²) in [5, 5.41) is 13.3. The Hall–Kier alpha value is -0.120. The molecule has 0 aromatic heterocycles. The van der Waals surface area contributed by atoms with Crippen LogP contribution < -0.4 is 5.32 Å². The molecule has 0 spiro atoms. The predicted octanol–water partition coefficient (Wildman–Crippen LogP) is 1.22. The normalized spacial score (nSPS) is 28.4. The topological polar surface area (TPSA) is 35.5 Å². The summed E-state index contributed by atoms with van der Waals surface area (Å²) >= 11 is 0. The van der Waals surface area contributed by atoms with E-state index in [-0.39, 0.29) is 11.6 Å². The number of aliphatic hydroxyl groups excluding tert-OH is 1. The van der Waals surface area contributed by atoms with Crippen LogP contribution in [0.15, 0.2) is 0 Å². The minimum absolute atomic E-state index is 0.142. The van der Waals surface area contributed by atoms with E-state index in [1.54, 1.807) is 0 Å². The largest absolute Gasteiger partial charge is 0.392 e. The van der Waals surface area contributed by atoms with Gasteiger partial charge in [0.1, 0.15) is 0 Å². The molecule has 3 heteroatoms. The first-order valence-electron chi connectivity index (χ1n) is 6.02. The number of nitrogens with one attached hydrogen (secondary N) is 1. The molecular formula is C12H26N2O.